The number of unbranched alkanes of at least 4 members (excludes halogenated alkanes) is 1. The fourth-order valence-electron chi connectivity index (χ4n) is 2.67. The van der Waals surface area contributed by atoms with Crippen LogP contribution >= 0.6 is 0 Å². The lowest BCUT2D eigenvalue weighted by Crippen LogP contribution is -2.42. The molecule has 1 aliphatic rings. The van der Waals surface area contributed by atoms with Crippen LogP contribution in [0.15, 0.2) is 47.3 Å². The van der Waals surface area contributed by atoms with Gasteiger partial charge in [-0.1, -0.05) is 43.7 Å². The van der Waals surface area contributed by atoms with E-state index in [2.05, 4.69) is 13.0 Å². The smallest absolute Gasteiger partial charge is 0.320 e. The van der Waals surface area contributed by atoms with Crippen LogP contribution in [-0.2, 0) is 19.0 Å². The second-order valence-corrected chi connectivity index (χ2v) is 6.74. The molecule has 0 fully saturated rings. The molecule has 146 valence electrons. The summed E-state index contributed by atoms with van der Waals surface area (Å²) in [7, 11) is 5.26. The molecule has 1 heterocycles. The Bertz CT molecular complexity index is 573. The number of nitrogens with zero attached hydrogens (tertiary/aromatic N) is 1. The lowest BCUT2D eigenvalue weighted by molar-refractivity contribution is -0.157. The van der Waals surface area contributed by atoms with Crippen LogP contribution in [0.2, 0.25) is 0 Å². The van der Waals surface area contributed by atoms with Gasteiger partial charge in [-0.2, -0.15) is 0 Å². The lowest BCUT2D eigenvalue weighted by Gasteiger charge is -2.34. The average Bonchev–Trinajstić information content (AvgIpc) is 2.57. The summed E-state index contributed by atoms with van der Waals surface area (Å²) in [4.78, 5) is 14.0. The van der Waals surface area contributed by atoms with E-state index in [4.69, 9.17) is 14.2 Å². The largest absolute Gasteiger partial charge is 0.497 e. The topological polar surface area (TPSA) is 48.0 Å². The monoisotopic (exact) mass is 363 g/mol. The maximum Gasteiger partial charge on any atom is 0.320 e. The fourth-order valence-corrected chi connectivity index (χ4v) is 2.67. The SMILES string of the molecule is CCCC=CC=CC=C(C)C1OCC(C)=C(OC)C1OC(=O)CN(C)C. The minimum absolute atomic E-state index is 0.212. The number of allylic oxidation sites excluding steroid dienone is 5. The van der Waals surface area contributed by atoms with Crippen molar-refractivity contribution in [2.45, 2.75) is 45.8 Å². The third-order valence-corrected chi connectivity index (χ3v) is 3.98. The Labute approximate surface area is 158 Å². The molecule has 0 radical (unpaired) electrons. The summed E-state index contributed by atoms with van der Waals surface area (Å²) in [6.45, 7) is 6.73. The number of methoxy groups -OCH3 is 1. The predicted octanol–water partition coefficient (Wildman–Crippen LogP) is 3.64. The third kappa shape index (κ3) is 7.18. The van der Waals surface area contributed by atoms with Crippen molar-refractivity contribution in [3.63, 3.8) is 0 Å². The number of hydrogen-bond acceptors (Lipinski definition) is 5. The van der Waals surface area contributed by atoms with Crippen molar-refractivity contribution >= 4 is 5.97 Å². The Balaban J connectivity index is 2.93. The first-order valence-corrected chi connectivity index (χ1v) is 9.10. The highest BCUT2D eigenvalue weighted by molar-refractivity contribution is 5.72. The van der Waals surface area contributed by atoms with Gasteiger partial charge in [0.2, 0.25) is 0 Å². The van der Waals surface area contributed by atoms with Crippen LogP contribution in [0.25, 0.3) is 0 Å². The fraction of sp³-hybridized carbons (Fsp3) is 0.571. The first kappa shape index (κ1) is 22.2. The number of hydrogen-bond donors (Lipinski definition) is 0. The molecule has 2 atom stereocenters. The molecule has 1 rings (SSSR count). The number of ether oxygens (including phenoxy) is 3. The standard InChI is InChI=1S/C21H33NO4/c1-7-8-9-10-11-12-13-16(2)20-21(26-18(23)14-22(4)5)19(24-6)17(3)15-25-20/h9-13,20-21H,7-8,14-15H2,1-6H3. The van der Waals surface area contributed by atoms with Gasteiger partial charge in [0.1, 0.15) is 11.9 Å². The number of likely N-dealkylation sites (N-methyl/N-ethyl adjacent to an activating group) is 1. The number of esters is 1. The first-order chi connectivity index (χ1) is 12.4. The molecule has 0 aliphatic carbocycles. The molecule has 0 amide bonds. The first-order valence-electron chi connectivity index (χ1n) is 9.10. The van der Waals surface area contributed by atoms with Crippen molar-refractivity contribution < 1.29 is 19.0 Å². The summed E-state index contributed by atoms with van der Waals surface area (Å²) in [5.41, 5.74) is 1.92. The van der Waals surface area contributed by atoms with E-state index < -0.39 is 6.10 Å². The van der Waals surface area contributed by atoms with Crippen molar-refractivity contribution in [1.82, 2.24) is 4.90 Å². The van der Waals surface area contributed by atoms with Crippen molar-refractivity contribution in [3.8, 4) is 0 Å². The molecular formula is C21H33NO4. The summed E-state index contributed by atoms with van der Waals surface area (Å²) in [6.07, 6.45) is 11.4. The van der Waals surface area contributed by atoms with Crippen LogP contribution in [0.3, 0.4) is 0 Å². The highest BCUT2D eigenvalue weighted by Crippen LogP contribution is 2.28. The van der Waals surface area contributed by atoms with Crippen molar-refractivity contribution in [2.75, 3.05) is 34.4 Å². The third-order valence-electron chi connectivity index (χ3n) is 3.98. The van der Waals surface area contributed by atoms with E-state index >= 15 is 0 Å². The Morgan fingerprint density at radius 3 is 2.65 bits per heavy atom. The lowest BCUT2D eigenvalue weighted by atomic mass is 9.98. The van der Waals surface area contributed by atoms with Crippen molar-refractivity contribution in [1.29, 1.82) is 0 Å². The van der Waals surface area contributed by atoms with Gasteiger partial charge in [0, 0.05) is 0 Å². The van der Waals surface area contributed by atoms with Crippen LogP contribution in [0.1, 0.15) is 33.6 Å². The molecule has 26 heavy (non-hydrogen) atoms. The maximum absolute atomic E-state index is 12.2. The zero-order valence-electron chi connectivity index (χ0n) is 17.0. The summed E-state index contributed by atoms with van der Waals surface area (Å²) < 4.78 is 17.2. The minimum Gasteiger partial charge on any atom is -0.497 e. The van der Waals surface area contributed by atoms with Crippen molar-refractivity contribution in [3.05, 3.63) is 47.3 Å². The normalized spacial score (nSPS) is 21.9. The van der Waals surface area contributed by atoms with Gasteiger partial charge < -0.3 is 14.2 Å². The van der Waals surface area contributed by atoms with Crippen LogP contribution in [-0.4, -0.2) is 57.4 Å². The van der Waals surface area contributed by atoms with Crippen LogP contribution in [0, 0.1) is 0 Å². The molecule has 0 bridgehead atoms. The van der Waals surface area contributed by atoms with E-state index in [-0.39, 0.29) is 18.6 Å². The number of carbonyl (C=O) groups is 1. The molecule has 0 saturated heterocycles. The van der Waals surface area contributed by atoms with Gasteiger partial charge in [-0.25, -0.2) is 0 Å². The molecular weight excluding hydrogens is 330 g/mol. The molecule has 0 N–H and O–H groups in total. The van der Waals surface area contributed by atoms with Crippen molar-refractivity contribution in [2.24, 2.45) is 0 Å². The Kier molecular flexibility index (Phi) is 9.99. The Morgan fingerprint density at radius 2 is 2.04 bits per heavy atom. The van der Waals surface area contributed by atoms with E-state index in [1.165, 1.54) is 0 Å². The summed E-state index contributed by atoms with van der Waals surface area (Å²) in [5, 5.41) is 0. The Morgan fingerprint density at radius 1 is 1.31 bits per heavy atom. The zero-order chi connectivity index (χ0) is 19.5. The number of rotatable bonds is 9. The molecule has 2 unspecified atom stereocenters. The average molecular weight is 363 g/mol. The van der Waals surface area contributed by atoms with Gasteiger partial charge in [0.15, 0.2) is 6.10 Å². The molecule has 0 aromatic carbocycles. The molecule has 5 heteroatoms. The van der Waals surface area contributed by atoms with Gasteiger partial charge >= 0.3 is 5.97 Å². The molecule has 0 spiro atoms. The van der Waals surface area contributed by atoms with E-state index in [0.717, 1.165) is 24.0 Å². The maximum atomic E-state index is 12.2. The molecule has 0 saturated carbocycles. The van der Waals surface area contributed by atoms with Crippen LogP contribution in [0.4, 0.5) is 0 Å². The molecule has 0 aromatic heterocycles. The van der Waals surface area contributed by atoms with E-state index in [1.807, 2.05) is 52.2 Å². The quantitative estimate of drug-likeness (QED) is 0.462. The highest BCUT2D eigenvalue weighted by atomic mass is 16.6. The van der Waals surface area contributed by atoms with Gasteiger partial charge in [-0.05, 0) is 45.5 Å². The summed E-state index contributed by atoms with van der Waals surface area (Å²) in [6, 6.07) is 0. The second-order valence-electron chi connectivity index (χ2n) is 6.74. The van der Waals surface area contributed by atoms with Gasteiger partial charge in [0.05, 0.1) is 20.3 Å². The summed E-state index contributed by atoms with van der Waals surface area (Å²) >= 11 is 0. The van der Waals surface area contributed by atoms with E-state index in [9.17, 15) is 4.79 Å². The highest BCUT2D eigenvalue weighted by Gasteiger charge is 2.36. The minimum atomic E-state index is -0.568. The molecule has 5 nitrogen and oxygen atoms in total. The van der Waals surface area contributed by atoms with Gasteiger partial charge in [-0.3, -0.25) is 9.69 Å². The van der Waals surface area contributed by atoms with E-state index in [1.54, 1.807) is 12.0 Å². The molecule has 0 aromatic rings. The zero-order valence-corrected chi connectivity index (χ0v) is 17.0. The predicted molar refractivity (Wildman–Crippen MR) is 105 cm³/mol. The number of carbonyl (C=O) groups excluding carboxylic acids is 1. The van der Waals surface area contributed by atoms with Gasteiger partial charge in [0.25, 0.3) is 0 Å². The van der Waals surface area contributed by atoms with Crippen LogP contribution < -0.4 is 0 Å². The Hall–Kier alpha value is -1.85. The van der Waals surface area contributed by atoms with E-state index in [0.29, 0.717) is 12.4 Å². The van der Waals surface area contributed by atoms with Crippen LogP contribution in [0.5, 0.6) is 0 Å². The van der Waals surface area contributed by atoms with Gasteiger partial charge in [-0.15, -0.1) is 0 Å². The second kappa shape index (κ2) is 11.7. The molecule has 1 aliphatic heterocycles. The summed E-state index contributed by atoms with van der Waals surface area (Å²) in [5.74, 6) is 0.372.